The van der Waals surface area contributed by atoms with E-state index in [-0.39, 0.29) is 0 Å². The number of allylic oxidation sites excluding steroid dienone is 5. The summed E-state index contributed by atoms with van der Waals surface area (Å²) < 4.78 is 1.47. The predicted molar refractivity (Wildman–Crippen MR) is 35.6 cm³/mol. The Bertz CT molecular complexity index is 175. The zero-order valence-corrected chi connectivity index (χ0v) is 7.44. The van der Waals surface area contributed by atoms with Crippen LogP contribution < -0.4 is 0 Å². The van der Waals surface area contributed by atoms with Crippen molar-refractivity contribution in [2.45, 2.75) is 12.8 Å². The SMILES string of the molecule is C=CCC1=[C]([Pt])CC=C1. The number of hydrogen-bond acceptors (Lipinski definition) is 0. The van der Waals surface area contributed by atoms with E-state index in [1.54, 1.807) is 0 Å². The zero-order valence-electron chi connectivity index (χ0n) is 5.17. The molecule has 0 bridgehead atoms. The van der Waals surface area contributed by atoms with Gasteiger partial charge in [-0.15, -0.1) is 0 Å². The molecule has 0 unspecified atom stereocenters. The number of rotatable bonds is 2. The molecule has 0 spiro atoms. The molecule has 0 amide bonds. The van der Waals surface area contributed by atoms with E-state index in [0.717, 1.165) is 12.8 Å². The molecule has 0 aromatic heterocycles. The summed E-state index contributed by atoms with van der Waals surface area (Å²) in [4.78, 5) is 0. The fourth-order valence-electron chi connectivity index (χ4n) is 0.842. The van der Waals surface area contributed by atoms with Crippen molar-refractivity contribution in [1.29, 1.82) is 0 Å². The molecule has 51 valence electrons. The summed E-state index contributed by atoms with van der Waals surface area (Å²) in [5.74, 6) is 0. The van der Waals surface area contributed by atoms with Crippen molar-refractivity contribution < 1.29 is 19.8 Å². The summed E-state index contributed by atoms with van der Waals surface area (Å²) in [6.45, 7) is 3.69. The third kappa shape index (κ3) is 1.66. The Morgan fingerprint density at radius 3 is 3.00 bits per heavy atom. The van der Waals surface area contributed by atoms with Gasteiger partial charge in [0.05, 0.1) is 0 Å². The molecule has 0 fully saturated rings. The van der Waals surface area contributed by atoms with Crippen LogP contribution in [0.25, 0.3) is 0 Å². The van der Waals surface area contributed by atoms with E-state index < -0.39 is 0 Å². The van der Waals surface area contributed by atoms with E-state index in [9.17, 15) is 0 Å². The van der Waals surface area contributed by atoms with Gasteiger partial charge in [-0.2, -0.15) is 0 Å². The molecule has 1 rings (SSSR count). The standard InChI is InChI=1S/C8H9.Pt/c1-2-5-8-6-3-4-7-8;/h2-3,6H,1,4-5H2;. The molecule has 0 aromatic rings. The van der Waals surface area contributed by atoms with Crippen LogP contribution in [0.5, 0.6) is 0 Å². The Morgan fingerprint density at radius 2 is 2.56 bits per heavy atom. The van der Waals surface area contributed by atoms with Crippen LogP contribution in [0.1, 0.15) is 12.8 Å². The van der Waals surface area contributed by atoms with Gasteiger partial charge in [0.15, 0.2) is 0 Å². The first kappa shape index (κ1) is 7.02. The Balaban J connectivity index is 2.64. The first-order valence-corrected chi connectivity index (χ1v) is 4.10. The summed E-state index contributed by atoms with van der Waals surface area (Å²) in [6.07, 6.45) is 8.48. The molecule has 1 aliphatic rings. The van der Waals surface area contributed by atoms with Crippen molar-refractivity contribution in [2.24, 2.45) is 0 Å². The molecule has 0 aliphatic heterocycles. The molecule has 0 atom stereocenters. The molecule has 0 N–H and O–H groups in total. The van der Waals surface area contributed by atoms with Crippen molar-refractivity contribution in [3.63, 3.8) is 0 Å². The first-order chi connectivity index (χ1) is 4.34. The number of hydrogen-bond donors (Lipinski definition) is 0. The van der Waals surface area contributed by atoms with Gasteiger partial charge in [-0.25, -0.2) is 0 Å². The molecule has 0 aromatic carbocycles. The minimum atomic E-state index is 1.02. The maximum atomic E-state index is 3.69. The van der Waals surface area contributed by atoms with Gasteiger partial charge < -0.3 is 0 Å². The molecule has 9 heavy (non-hydrogen) atoms. The third-order valence-electron chi connectivity index (χ3n) is 1.30. The molecule has 0 saturated heterocycles. The van der Waals surface area contributed by atoms with E-state index in [2.05, 4.69) is 38.5 Å². The van der Waals surface area contributed by atoms with Gasteiger partial charge in [-0.3, -0.25) is 0 Å². The molecule has 0 heterocycles. The van der Waals surface area contributed by atoms with Gasteiger partial charge in [0.2, 0.25) is 0 Å². The van der Waals surface area contributed by atoms with Gasteiger partial charge in [0.25, 0.3) is 0 Å². The van der Waals surface area contributed by atoms with Gasteiger partial charge in [-0.1, -0.05) is 0 Å². The van der Waals surface area contributed by atoms with E-state index >= 15 is 0 Å². The van der Waals surface area contributed by atoms with E-state index in [4.69, 9.17) is 0 Å². The van der Waals surface area contributed by atoms with Gasteiger partial charge in [0, 0.05) is 0 Å². The normalized spacial score (nSPS) is 17.1. The average Bonchev–Trinajstić information content (AvgIpc) is 2.18. The fraction of sp³-hybridized carbons (Fsp3) is 0.250. The van der Waals surface area contributed by atoms with Crippen molar-refractivity contribution >= 4 is 0 Å². The molecule has 1 aliphatic carbocycles. The van der Waals surface area contributed by atoms with Gasteiger partial charge in [0.1, 0.15) is 0 Å². The second-order valence-electron chi connectivity index (χ2n) is 1.99. The second kappa shape index (κ2) is 3.17. The Kier molecular flexibility index (Phi) is 2.47. The van der Waals surface area contributed by atoms with Crippen molar-refractivity contribution in [3.05, 3.63) is 34.3 Å². The first-order valence-electron chi connectivity index (χ1n) is 2.96. The van der Waals surface area contributed by atoms with E-state index in [1.807, 2.05) is 6.08 Å². The Labute approximate surface area is 67.2 Å². The Morgan fingerprint density at radius 1 is 1.78 bits per heavy atom. The summed E-state index contributed by atoms with van der Waals surface area (Å²) >= 11 is 2.37. The molecule has 0 radical (unpaired) electrons. The second-order valence-corrected chi connectivity index (χ2v) is 3.36. The van der Waals surface area contributed by atoms with Crippen molar-refractivity contribution in [2.75, 3.05) is 0 Å². The van der Waals surface area contributed by atoms with Crippen molar-refractivity contribution in [1.82, 2.24) is 0 Å². The van der Waals surface area contributed by atoms with Crippen LogP contribution in [-0.2, 0) is 19.8 Å². The molecule has 0 saturated carbocycles. The van der Waals surface area contributed by atoms with Gasteiger partial charge in [-0.05, 0) is 0 Å². The summed E-state index contributed by atoms with van der Waals surface area (Å²) in [6, 6.07) is 0. The molecular formula is C8H9Pt. The van der Waals surface area contributed by atoms with Crippen LogP contribution in [-0.4, -0.2) is 0 Å². The summed E-state index contributed by atoms with van der Waals surface area (Å²) in [5.41, 5.74) is 1.44. The third-order valence-corrected chi connectivity index (χ3v) is 2.49. The quantitative estimate of drug-likeness (QED) is 0.687. The van der Waals surface area contributed by atoms with E-state index in [0.29, 0.717) is 0 Å². The molecular weight excluding hydrogens is 291 g/mol. The Hall–Kier alpha value is -0.0917. The average molecular weight is 300 g/mol. The van der Waals surface area contributed by atoms with Crippen molar-refractivity contribution in [3.8, 4) is 0 Å². The summed E-state index contributed by atoms with van der Waals surface area (Å²) in [7, 11) is 0. The minimum absolute atomic E-state index is 1.02. The van der Waals surface area contributed by atoms with Crippen LogP contribution in [0, 0.1) is 0 Å². The summed E-state index contributed by atoms with van der Waals surface area (Å²) in [5, 5.41) is 0. The maximum absolute atomic E-state index is 3.69. The fourth-order valence-corrected chi connectivity index (χ4v) is 1.53. The van der Waals surface area contributed by atoms with Crippen LogP contribution >= 0.6 is 0 Å². The monoisotopic (exact) mass is 300 g/mol. The van der Waals surface area contributed by atoms with E-state index in [1.165, 1.54) is 9.54 Å². The molecule has 1 heteroatoms. The van der Waals surface area contributed by atoms with Crippen LogP contribution in [0.15, 0.2) is 34.3 Å². The topological polar surface area (TPSA) is 0 Å². The zero-order chi connectivity index (χ0) is 6.69. The molecule has 0 nitrogen and oxygen atoms in total. The van der Waals surface area contributed by atoms with Gasteiger partial charge >= 0.3 is 67.0 Å². The van der Waals surface area contributed by atoms with Crippen LogP contribution in [0.4, 0.5) is 0 Å². The predicted octanol–water partition coefficient (Wildman–Crippen LogP) is 2.32. The van der Waals surface area contributed by atoms with Crippen LogP contribution in [0.2, 0.25) is 0 Å². The van der Waals surface area contributed by atoms with Crippen LogP contribution in [0.3, 0.4) is 0 Å².